The molecular weight excluding hydrogens is 298 g/mol. The predicted molar refractivity (Wildman–Crippen MR) is 86.1 cm³/mol. The fourth-order valence-electron chi connectivity index (χ4n) is 2.70. The molecule has 2 N–H and O–H groups in total. The highest BCUT2D eigenvalue weighted by Gasteiger charge is 2.16. The van der Waals surface area contributed by atoms with Gasteiger partial charge in [0.2, 0.25) is 5.91 Å². The van der Waals surface area contributed by atoms with E-state index in [1.807, 2.05) is 0 Å². The molecule has 2 rings (SSSR count). The highest BCUT2D eigenvalue weighted by molar-refractivity contribution is 5.78. The summed E-state index contributed by atoms with van der Waals surface area (Å²) in [5.74, 6) is -0.125. The molecule has 0 aliphatic carbocycles. The van der Waals surface area contributed by atoms with Gasteiger partial charge in [0.1, 0.15) is 0 Å². The van der Waals surface area contributed by atoms with Gasteiger partial charge in [-0.1, -0.05) is 12.1 Å². The van der Waals surface area contributed by atoms with Crippen molar-refractivity contribution in [2.45, 2.75) is 31.8 Å². The first kappa shape index (κ1) is 17.4. The van der Waals surface area contributed by atoms with Crippen LogP contribution in [0.4, 0.5) is 5.69 Å². The molecule has 0 unspecified atom stereocenters. The van der Waals surface area contributed by atoms with Crippen molar-refractivity contribution >= 4 is 11.6 Å². The number of hydrogen-bond acceptors (Lipinski definition) is 5. The summed E-state index contributed by atoms with van der Waals surface area (Å²) in [5.41, 5.74) is 0.643. The first-order chi connectivity index (χ1) is 11.0. The lowest BCUT2D eigenvalue weighted by Crippen LogP contribution is -2.37. The number of likely N-dealkylation sites (tertiary alicyclic amines) is 1. The molecule has 1 saturated heterocycles. The third-order valence-corrected chi connectivity index (χ3v) is 4.02. The zero-order valence-electron chi connectivity index (χ0n) is 13.1. The average Bonchev–Trinajstić information content (AvgIpc) is 2.53. The molecule has 0 bridgehead atoms. The van der Waals surface area contributed by atoms with Gasteiger partial charge in [-0.25, -0.2) is 0 Å². The Kier molecular flexibility index (Phi) is 6.49. The summed E-state index contributed by atoms with van der Waals surface area (Å²) >= 11 is 0. The number of nitrogens with one attached hydrogen (secondary N) is 1. The largest absolute Gasteiger partial charge is 0.393 e. The van der Waals surface area contributed by atoms with Crippen LogP contribution in [0.5, 0.6) is 0 Å². The van der Waals surface area contributed by atoms with E-state index in [0.717, 1.165) is 38.9 Å². The number of hydrogen-bond donors (Lipinski definition) is 2. The summed E-state index contributed by atoms with van der Waals surface area (Å²) in [6, 6.07) is 6.15. The van der Waals surface area contributed by atoms with Crippen LogP contribution in [0.2, 0.25) is 0 Å². The monoisotopic (exact) mass is 321 g/mol. The predicted octanol–water partition coefficient (Wildman–Crippen LogP) is 1.10. The second kappa shape index (κ2) is 8.59. The maximum Gasteiger partial charge on any atom is 0.269 e. The van der Waals surface area contributed by atoms with Gasteiger partial charge < -0.3 is 15.3 Å². The maximum absolute atomic E-state index is 11.9. The first-order valence-electron chi connectivity index (χ1n) is 7.95. The van der Waals surface area contributed by atoms with Crippen molar-refractivity contribution in [3.63, 3.8) is 0 Å². The number of nitro benzene ring substituents is 1. The van der Waals surface area contributed by atoms with Gasteiger partial charge in [-0.15, -0.1) is 0 Å². The normalized spacial score (nSPS) is 16.2. The summed E-state index contributed by atoms with van der Waals surface area (Å²) in [4.78, 5) is 24.4. The number of nitro groups is 1. The van der Waals surface area contributed by atoms with Crippen molar-refractivity contribution in [3.8, 4) is 0 Å². The third-order valence-electron chi connectivity index (χ3n) is 4.02. The number of benzene rings is 1. The number of non-ortho nitro benzene ring substituents is 1. The molecule has 7 heteroatoms. The van der Waals surface area contributed by atoms with E-state index in [1.165, 1.54) is 12.1 Å². The second-order valence-corrected chi connectivity index (χ2v) is 5.88. The number of rotatable bonds is 7. The SMILES string of the molecule is O=C(Cc1cccc([N+](=O)[O-])c1)NCCCN1CCC(O)CC1. The van der Waals surface area contributed by atoms with Gasteiger partial charge in [0, 0.05) is 31.8 Å². The Hall–Kier alpha value is -1.99. The molecule has 23 heavy (non-hydrogen) atoms. The summed E-state index contributed by atoms with van der Waals surface area (Å²) < 4.78 is 0. The number of aliphatic hydroxyl groups is 1. The molecule has 126 valence electrons. The van der Waals surface area contributed by atoms with E-state index in [9.17, 15) is 20.0 Å². The van der Waals surface area contributed by atoms with Crippen LogP contribution in [0, 0.1) is 10.1 Å². The fourth-order valence-corrected chi connectivity index (χ4v) is 2.70. The molecule has 0 spiro atoms. The minimum absolute atomic E-state index is 0.00239. The lowest BCUT2D eigenvalue weighted by Gasteiger charge is -2.29. The van der Waals surface area contributed by atoms with Crippen LogP contribution < -0.4 is 5.32 Å². The Balaban J connectivity index is 1.65. The maximum atomic E-state index is 11.9. The standard InChI is InChI=1S/C16H23N3O4/c20-15-5-9-18(10-6-15)8-2-7-17-16(21)12-13-3-1-4-14(11-13)19(22)23/h1,3-4,11,15,20H,2,5-10,12H2,(H,17,21). The smallest absolute Gasteiger partial charge is 0.269 e. The molecule has 0 saturated carbocycles. The highest BCUT2D eigenvalue weighted by atomic mass is 16.6. The molecule has 0 radical (unpaired) electrons. The number of nitrogens with zero attached hydrogens (tertiary/aromatic N) is 2. The van der Waals surface area contributed by atoms with E-state index < -0.39 is 4.92 Å². The summed E-state index contributed by atoms with van der Waals surface area (Å²) in [6.45, 7) is 3.31. The Morgan fingerprint density at radius 1 is 1.39 bits per heavy atom. The van der Waals surface area contributed by atoms with E-state index >= 15 is 0 Å². The van der Waals surface area contributed by atoms with Gasteiger partial charge in [-0.05, 0) is 31.4 Å². The zero-order valence-corrected chi connectivity index (χ0v) is 13.1. The fraction of sp³-hybridized carbons (Fsp3) is 0.562. The summed E-state index contributed by atoms with van der Waals surface area (Å²) in [6.07, 6.45) is 2.48. The molecule has 1 aliphatic heterocycles. The van der Waals surface area contributed by atoms with Gasteiger partial charge in [-0.2, -0.15) is 0 Å². The van der Waals surface area contributed by atoms with Gasteiger partial charge >= 0.3 is 0 Å². The van der Waals surface area contributed by atoms with E-state index in [4.69, 9.17) is 0 Å². The number of amides is 1. The molecule has 1 heterocycles. The lowest BCUT2D eigenvalue weighted by molar-refractivity contribution is -0.384. The summed E-state index contributed by atoms with van der Waals surface area (Å²) in [5, 5.41) is 23.0. The Bertz CT molecular complexity index is 542. The van der Waals surface area contributed by atoms with Crippen molar-refractivity contribution in [2.24, 2.45) is 0 Å². The number of aliphatic hydroxyl groups excluding tert-OH is 1. The van der Waals surface area contributed by atoms with Crippen molar-refractivity contribution in [1.82, 2.24) is 10.2 Å². The van der Waals surface area contributed by atoms with E-state index in [1.54, 1.807) is 12.1 Å². The van der Waals surface area contributed by atoms with Crippen LogP contribution in [-0.2, 0) is 11.2 Å². The second-order valence-electron chi connectivity index (χ2n) is 5.88. The van der Waals surface area contributed by atoms with Crippen LogP contribution in [0.15, 0.2) is 24.3 Å². The average molecular weight is 321 g/mol. The number of carbonyl (C=O) groups excluding carboxylic acids is 1. The Morgan fingerprint density at radius 2 is 2.13 bits per heavy atom. The molecule has 1 aliphatic rings. The lowest BCUT2D eigenvalue weighted by atomic mass is 10.1. The molecular formula is C16H23N3O4. The molecule has 1 aromatic rings. The van der Waals surface area contributed by atoms with Gasteiger partial charge in [0.25, 0.3) is 5.69 Å². The molecule has 1 fully saturated rings. The van der Waals surface area contributed by atoms with Crippen LogP contribution >= 0.6 is 0 Å². The molecule has 0 aromatic heterocycles. The summed E-state index contributed by atoms with van der Waals surface area (Å²) in [7, 11) is 0. The van der Waals surface area contributed by atoms with Crippen LogP contribution in [0.3, 0.4) is 0 Å². The van der Waals surface area contributed by atoms with E-state index in [0.29, 0.717) is 12.1 Å². The number of piperidine rings is 1. The van der Waals surface area contributed by atoms with Crippen molar-refractivity contribution in [1.29, 1.82) is 0 Å². The Morgan fingerprint density at radius 3 is 2.83 bits per heavy atom. The van der Waals surface area contributed by atoms with Crippen molar-refractivity contribution in [2.75, 3.05) is 26.2 Å². The highest BCUT2D eigenvalue weighted by Crippen LogP contribution is 2.13. The van der Waals surface area contributed by atoms with Crippen LogP contribution in [0.1, 0.15) is 24.8 Å². The van der Waals surface area contributed by atoms with E-state index in [2.05, 4.69) is 10.2 Å². The number of carbonyl (C=O) groups is 1. The van der Waals surface area contributed by atoms with Gasteiger partial charge in [0.15, 0.2) is 0 Å². The molecule has 0 atom stereocenters. The van der Waals surface area contributed by atoms with Crippen molar-refractivity contribution in [3.05, 3.63) is 39.9 Å². The van der Waals surface area contributed by atoms with Gasteiger partial charge in [0.05, 0.1) is 17.4 Å². The molecule has 1 aromatic carbocycles. The van der Waals surface area contributed by atoms with E-state index in [-0.39, 0.29) is 24.1 Å². The topological polar surface area (TPSA) is 95.7 Å². The minimum Gasteiger partial charge on any atom is -0.393 e. The third kappa shape index (κ3) is 5.96. The molecule has 7 nitrogen and oxygen atoms in total. The first-order valence-corrected chi connectivity index (χ1v) is 7.95. The van der Waals surface area contributed by atoms with Gasteiger partial charge in [-0.3, -0.25) is 14.9 Å². The zero-order chi connectivity index (χ0) is 16.7. The van der Waals surface area contributed by atoms with Crippen LogP contribution in [-0.4, -0.2) is 53.1 Å². The minimum atomic E-state index is -0.461. The Labute approximate surface area is 135 Å². The molecule has 1 amide bonds. The van der Waals surface area contributed by atoms with Crippen LogP contribution in [0.25, 0.3) is 0 Å². The quantitative estimate of drug-likeness (QED) is 0.445. The van der Waals surface area contributed by atoms with Crippen molar-refractivity contribution < 1.29 is 14.8 Å².